The van der Waals surface area contributed by atoms with Crippen molar-refractivity contribution in [2.45, 2.75) is 25.3 Å². The normalized spacial score (nSPS) is 15.8. The van der Waals surface area contributed by atoms with Gasteiger partial charge in [-0.05, 0) is 48.7 Å². The van der Waals surface area contributed by atoms with E-state index in [0.29, 0.717) is 23.6 Å². The van der Waals surface area contributed by atoms with E-state index in [1.54, 1.807) is 29.6 Å². The van der Waals surface area contributed by atoms with Crippen molar-refractivity contribution < 1.29 is 4.79 Å². The first-order valence-electron chi connectivity index (χ1n) is 10.5. The number of nitrogens with zero attached hydrogens (tertiary/aromatic N) is 6. The van der Waals surface area contributed by atoms with Crippen LogP contribution >= 0.6 is 11.6 Å². The third kappa shape index (κ3) is 4.24. The number of hydrogen-bond acceptors (Lipinski definition) is 5. The zero-order valence-electron chi connectivity index (χ0n) is 17.3. The summed E-state index contributed by atoms with van der Waals surface area (Å²) in [7, 11) is 0. The molecule has 0 aliphatic carbocycles. The molecule has 0 saturated carbocycles. The molecule has 2 aromatic carbocycles. The molecule has 0 spiro atoms. The second kappa shape index (κ2) is 8.88. The molecule has 5 rings (SSSR count). The fraction of sp³-hybridized carbons (Fsp3) is 0.208. The second-order valence-corrected chi connectivity index (χ2v) is 8.25. The van der Waals surface area contributed by atoms with Crippen molar-refractivity contribution in [3.63, 3.8) is 0 Å². The van der Waals surface area contributed by atoms with Crippen molar-refractivity contribution in [1.82, 2.24) is 29.6 Å². The summed E-state index contributed by atoms with van der Waals surface area (Å²) in [4.78, 5) is 24.5. The van der Waals surface area contributed by atoms with Crippen LogP contribution in [0, 0.1) is 0 Å². The number of hydrogen-bond donors (Lipinski definition) is 0. The van der Waals surface area contributed by atoms with Crippen molar-refractivity contribution >= 4 is 17.5 Å². The zero-order chi connectivity index (χ0) is 21.9. The second-order valence-electron chi connectivity index (χ2n) is 7.82. The molecule has 3 heterocycles. The number of likely N-dealkylation sites (tertiary alicyclic amines) is 1. The van der Waals surface area contributed by atoms with Crippen LogP contribution in [0.1, 0.15) is 46.2 Å². The molecule has 1 aliphatic rings. The largest absolute Gasteiger partial charge is 0.330 e. The molecule has 1 saturated heterocycles. The first kappa shape index (κ1) is 20.3. The van der Waals surface area contributed by atoms with Crippen molar-refractivity contribution in [1.29, 1.82) is 0 Å². The highest BCUT2D eigenvalue weighted by Crippen LogP contribution is 2.32. The van der Waals surface area contributed by atoms with E-state index in [2.05, 4.69) is 15.2 Å². The minimum atomic E-state index is -0.0899. The molecule has 7 nitrogen and oxygen atoms in total. The lowest BCUT2D eigenvalue weighted by atomic mass is 10.1. The third-order valence-corrected chi connectivity index (χ3v) is 5.88. The van der Waals surface area contributed by atoms with E-state index in [9.17, 15) is 4.79 Å². The third-order valence-electron chi connectivity index (χ3n) is 5.64. The molecular weight excluding hydrogens is 424 g/mol. The number of halogens is 1. The first-order chi connectivity index (χ1) is 15.7. The monoisotopic (exact) mass is 444 g/mol. The zero-order valence-corrected chi connectivity index (χ0v) is 18.1. The Kier molecular flexibility index (Phi) is 5.64. The Morgan fingerprint density at radius 1 is 1.06 bits per heavy atom. The Balaban J connectivity index is 1.38. The lowest BCUT2D eigenvalue weighted by molar-refractivity contribution is 0.0732. The van der Waals surface area contributed by atoms with Crippen LogP contribution in [0.15, 0.2) is 73.6 Å². The number of benzene rings is 2. The first-order valence-corrected chi connectivity index (χ1v) is 10.9. The van der Waals surface area contributed by atoms with E-state index in [-0.39, 0.29) is 11.9 Å². The topological polar surface area (TPSA) is 76.8 Å². The van der Waals surface area contributed by atoms with Gasteiger partial charge in [-0.3, -0.25) is 19.3 Å². The van der Waals surface area contributed by atoms with Crippen LogP contribution in [-0.2, 0) is 6.42 Å². The fourth-order valence-electron chi connectivity index (χ4n) is 4.14. The Morgan fingerprint density at radius 2 is 1.91 bits per heavy atom. The van der Waals surface area contributed by atoms with Gasteiger partial charge in [-0.25, -0.2) is 0 Å². The van der Waals surface area contributed by atoms with Gasteiger partial charge < -0.3 is 4.90 Å². The minimum absolute atomic E-state index is 0.00975. The smallest absolute Gasteiger partial charge is 0.254 e. The number of aromatic nitrogens is 5. The van der Waals surface area contributed by atoms with Crippen LogP contribution in [0.3, 0.4) is 0 Å². The van der Waals surface area contributed by atoms with Crippen LogP contribution in [-0.4, -0.2) is 42.1 Å². The van der Waals surface area contributed by atoms with Crippen LogP contribution in [0.25, 0.3) is 5.69 Å². The predicted molar refractivity (Wildman–Crippen MR) is 121 cm³/mol. The minimum Gasteiger partial charge on any atom is -0.330 e. The number of rotatable bonds is 5. The highest BCUT2D eigenvalue weighted by atomic mass is 35.5. The van der Waals surface area contributed by atoms with Gasteiger partial charge in [0.15, 0.2) is 0 Å². The molecule has 0 unspecified atom stereocenters. The molecule has 4 aromatic rings. The summed E-state index contributed by atoms with van der Waals surface area (Å²) < 4.78 is 1.78. The molecule has 1 aliphatic heterocycles. The molecule has 0 N–H and O–H groups in total. The van der Waals surface area contributed by atoms with Crippen LogP contribution in [0.4, 0.5) is 0 Å². The maximum atomic E-state index is 13.4. The summed E-state index contributed by atoms with van der Waals surface area (Å²) in [6, 6.07) is 15.2. The van der Waals surface area contributed by atoms with E-state index in [0.717, 1.165) is 35.5 Å². The lowest BCUT2D eigenvalue weighted by Gasteiger charge is -2.24. The van der Waals surface area contributed by atoms with E-state index in [1.165, 1.54) is 0 Å². The molecule has 1 atom stereocenters. The van der Waals surface area contributed by atoms with Crippen LogP contribution in [0.2, 0.25) is 5.02 Å². The SMILES string of the molecule is O=C(c1cccc(-n2cnnc2)c1)N1CCC[C@H]1c1cncc(Cc2cccc(Cl)c2)n1. The van der Waals surface area contributed by atoms with Gasteiger partial charge in [-0.2, -0.15) is 0 Å². The average molecular weight is 445 g/mol. The molecule has 160 valence electrons. The van der Waals surface area contributed by atoms with E-state index < -0.39 is 0 Å². The van der Waals surface area contributed by atoms with Gasteiger partial charge in [0, 0.05) is 35.4 Å². The van der Waals surface area contributed by atoms with Crippen molar-refractivity contribution in [2.75, 3.05) is 6.54 Å². The predicted octanol–water partition coefficient (Wildman–Crippen LogP) is 4.28. The fourth-order valence-corrected chi connectivity index (χ4v) is 4.35. The Labute approximate surface area is 190 Å². The Morgan fingerprint density at radius 3 is 2.75 bits per heavy atom. The van der Waals surface area contributed by atoms with Crippen molar-refractivity contribution in [2.24, 2.45) is 0 Å². The highest BCUT2D eigenvalue weighted by molar-refractivity contribution is 6.30. The standard InChI is InChI=1S/C24H21ClN6O/c25-19-6-1-4-17(10-19)11-20-13-26-14-22(29-20)23-8-3-9-31(23)24(32)18-5-2-7-21(12-18)30-15-27-28-16-30/h1-2,4-7,10,12-16,23H,3,8-9,11H2/t23-/m0/s1. The van der Waals surface area contributed by atoms with Gasteiger partial charge in [0.1, 0.15) is 12.7 Å². The maximum absolute atomic E-state index is 13.4. The summed E-state index contributed by atoms with van der Waals surface area (Å²) in [5, 5.41) is 8.38. The van der Waals surface area contributed by atoms with Gasteiger partial charge in [-0.15, -0.1) is 10.2 Å². The average Bonchev–Trinajstić information content (AvgIpc) is 3.51. The molecular formula is C24H21ClN6O. The summed E-state index contributed by atoms with van der Waals surface area (Å²) >= 11 is 6.11. The molecule has 0 radical (unpaired) electrons. The molecule has 32 heavy (non-hydrogen) atoms. The van der Waals surface area contributed by atoms with E-state index in [4.69, 9.17) is 16.6 Å². The number of carbonyl (C=O) groups is 1. The van der Waals surface area contributed by atoms with Crippen molar-refractivity contribution in [3.05, 3.63) is 101 Å². The Bertz CT molecular complexity index is 1240. The van der Waals surface area contributed by atoms with E-state index in [1.807, 2.05) is 53.4 Å². The molecule has 0 bridgehead atoms. The van der Waals surface area contributed by atoms with Crippen LogP contribution < -0.4 is 0 Å². The summed E-state index contributed by atoms with van der Waals surface area (Å²) in [5.74, 6) is -0.00975. The van der Waals surface area contributed by atoms with Crippen LogP contribution in [0.5, 0.6) is 0 Å². The number of carbonyl (C=O) groups excluding carboxylic acids is 1. The molecule has 2 aromatic heterocycles. The summed E-state index contributed by atoms with van der Waals surface area (Å²) in [6.07, 6.45) is 9.21. The lowest BCUT2D eigenvalue weighted by Crippen LogP contribution is -2.31. The van der Waals surface area contributed by atoms with Gasteiger partial charge in [0.25, 0.3) is 5.91 Å². The summed E-state index contributed by atoms with van der Waals surface area (Å²) in [5.41, 5.74) is 4.24. The van der Waals surface area contributed by atoms with Gasteiger partial charge in [0.05, 0.1) is 23.6 Å². The van der Waals surface area contributed by atoms with Gasteiger partial charge >= 0.3 is 0 Å². The Hall–Kier alpha value is -3.58. The van der Waals surface area contributed by atoms with Crippen molar-refractivity contribution in [3.8, 4) is 5.69 Å². The van der Waals surface area contributed by atoms with E-state index >= 15 is 0 Å². The maximum Gasteiger partial charge on any atom is 0.254 e. The van der Waals surface area contributed by atoms with Gasteiger partial charge in [-0.1, -0.05) is 29.8 Å². The highest BCUT2D eigenvalue weighted by Gasteiger charge is 2.32. The molecule has 1 fully saturated rings. The number of amides is 1. The summed E-state index contributed by atoms with van der Waals surface area (Å²) in [6.45, 7) is 0.695. The van der Waals surface area contributed by atoms with Gasteiger partial charge in [0.2, 0.25) is 0 Å². The molecule has 8 heteroatoms. The quantitative estimate of drug-likeness (QED) is 0.459. The molecule has 1 amide bonds.